The van der Waals surface area contributed by atoms with E-state index in [1.807, 2.05) is 6.07 Å². The maximum Gasteiger partial charge on any atom is 0.0963 e. The van der Waals surface area contributed by atoms with Crippen LogP contribution in [0.25, 0.3) is 0 Å². The van der Waals surface area contributed by atoms with Gasteiger partial charge in [0.15, 0.2) is 0 Å². The largest absolute Gasteiger partial charge is 0.472 e. The molecule has 0 spiro atoms. The molecule has 0 aliphatic rings. The first-order valence-corrected chi connectivity index (χ1v) is 5.72. The van der Waals surface area contributed by atoms with E-state index in [-0.39, 0.29) is 0 Å². The van der Waals surface area contributed by atoms with Gasteiger partial charge in [0.05, 0.1) is 18.1 Å². The van der Waals surface area contributed by atoms with E-state index in [9.17, 15) is 5.11 Å². The molecule has 0 fully saturated rings. The molecule has 1 atom stereocenters. The number of furan rings is 1. The quantitative estimate of drug-likeness (QED) is 0.941. The van der Waals surface area contributed by atoms with Crippen LogP contribution in [0.4, 0.5) is 0 Å². The Morgan fingerprint density at radius 1 is 1.50 bits per heavy atom. The Hall–Kier alpha value is -1.13. The molecule has 1 N–H and O–H groups in total. The number of rotatable bonds is 3. The Kier molecular flexibility index (Phi) is 3.12. The van der Waals surface area contributed by atoms with Gasteiger partial charge in [0.1, 0.15) is 0 Å². The van der Waals surface area contributed by atoms with Crippen molar-refractivity contribution in [3.8, 4) is 0 Å². The van der Waals surface area contributed by atoms with E-state index in [2.05, 4.69) is 20.9 Å². The summed E-state index contributed by atoms with van der Waals surface area (Å²) in [6, 6.07) is 3.72. The van der Waals surface area contributed by atoms with Gasteiger partial charge in [-0.25, -0.2) is 0 Å². The smallest absolute Gasteiger partial charge is 0.0963 e. The molecule has 2 aromatic heterocycles. The summed E-state index contributed by atoms with van der Waals surface area (Å²) in [5.41, 5.74) is 0.809. The van der Waals surface area contributed by atoms with Gasteiger partial charge in [-0.1, -0.05) is 0 Å². The van der Waals surface area contributed by atoms with E-state index in [4.69, 9.17) is 4.42 Å². The van der Waals surface area contributed by atoms with Crippen molar-refractivity contribution < 1.29 is 9.52 Å². The molecule has 4 heteroatoms. The number of hydrogen-bond acceptors (Lipinski definition) is 3. The molecule has 3 nitrogen and oxygen atoms in total. The van der Waals surface area contributed by atoms with Gasteiger partial charge in [0, 0.05) is 28.9 Å². The Bertz CT molecular complexity index is 466. The van der Waals surface area contributed by atoms with Crippen LogP contribution in [0.15, 0.2) is 45.9 Å². The highest BCUT2D eigenvalue weighted by molar-refractivity contribution is 9.10. The molecule has 0 bridgehead atoms. The second-order valence-corrected chi connectivity index (χ2v) is 4.89. The second kappa shape index (κ2) is 4.39. The van der Waals surface area contributed by atoms with Crippen molar-refractivity contribution in [1.29, 1.82) is 0 Å². The molecule has 2 rings (SSSR count). The summed E-state index contributed by atoms with van der Waals surface area (Å²) in [5, 5.41) is 10.3. The Morgan fingerprint density at radius 3 is 2.94 bits per heavy atom. The molecule has 0 amide bonds. The van der Waals surface area contributed by atoms with Crippen molar-refractivity contribution in [2.24, 2.45) is 0 Å². The Morgan fingerprint density at radius 2 is 2.31 bits per heavy atom. The molecular formula is C12H12BrNO2. The Balaban J connectivity index is 2.21. The zero-order valence-electron chi connectivity index (χ0n) is 8.85. The normalized spacial score (nSPS) is 14.7. The van der Waals surface area contributed by atoms with Crippen molar-refractivity contribution in [1.82, 2.24) is 4.98 Å². The maximum atomic E-state index is 10.3. The van der Waals surface area contributed by atoms with Crippen LogP contribution in [0.2, 0.25) is 0 Å². The molecular weight excluding hydrogens is 270 g/mol. The van der Waals surface area contributed by atoms with E-state index in [1.165, 1.54) is 0 Å². The fraction of sp³-hybridized carbons (Fsp3) is 0.250. The Labute approximate surface area is 102 Å². The lowest BCUT2D eigenvalue weighted by atomic mass is 9.92. The van der Waals surface area contributed by atoms with E-state index in [0.717, 1.165) is 15.6 Å². The van der Waals surface area contributed by atoms with E-state index < -0.39 is 5.60 Å². The molecule has 0 aromatic carbocycles. The summed E-state index contributed by atoms with van der Waals surface area (Å²) in [7, 11) is 0. The molecule has 16 heavy (non-hydrogen) atoms. The minimum absolute atomic E-state index is 0.499. The highest BCUT2D eigenvalue weighted by Crippen LogP contribution is 2.26. The number of halogens is 1. The van der Waals surface area contributed by atoms with Gasteiger partial charge in [-0.05, 0) is 40.5 Å². The fourth-order valence-corrected chi connectivity index (χ4v) is 2.04. The first kappa shape index (κ1) is 11.4. The summed E-state index contributed by atoms with van der Waals surface area (Å²) in [4.78, 5) is 4.07. The van der Waals surface area contributed by atoms with E-state index in [0.29, 0.717) is 6.42 Å². The standard InChI is InChI=1S/C12H12BrNO2/c1-12(15,10-2-3-16-8-10)5-9-4-11(13)7-14-6-9/h2-4,6-8,15H,5H2,1H3. The monoisotopic (exact) mass is 281 g/mol. The highest BCUT2D eigenvalue weighted by Gasteiger charge is 2.24. The highest BCUT2D eigenvalue weighted by atomic mass is 79.9. The van der Waals surface area contributed by atoms with Gasteiger partial charge < -0.3 is 9.52 Å². The first-order valence-electron chi connectivity index (χ1n) is 4.92. The van der Waals surface area contributed by atoms with Crippen LogP contribution >= 0.6 is 15.9 Å². The average molecular weight is 282 g/mol. The molecule has 0 saturated carbocycles. The van der Waals surface area contributed by atoms with Gasteiger partial charge in [0.2, 0.25) is 0 Å². The summed E-state index contributed by atoms with van der Waals surface area (Å²) in [6.45, 7) is 1.76. The molecule has 1 unspecified atom stereocenters. The van der Waals surface area contributed by atoms with Crippen LogP contribution < -0.4 is 0 Å². The lowest BCUT2D eigenvalue weighted by molar-refractivity contribution is 0.0569. The summed E-state index contributed by atoms with van der Waals surface area (Å²) < 4.78 is 5.89. The lowest BCUT2D eigenvalue weighted by Gasteiger charge is -2.21. The first-order chi connectivity index (χ1) is 7.58. The van der Waals surface area contributed by atoms with Crippen LogP contribution in [-0.4, -0.2) is 10.1 Å². The molecule has 0 saturated heterocycles. The van der Waals surface area contributed by atoms with E-state index in [1.54, 1.807) is 37.9 Å². The third-order valence-electron chi connectivity index (χ3n) is 2.45. The minimum atomic E-state index is -0.935. The van der Waals surface area contributed by atoms with Gasteiger partial charge in [0.25, 0.3) is 0 Å². The number of nitrogens with zero attached hydrogens (tertiary/aromatic N) is 1. The van der Waals surface area contributed by atoms with Crippen molar-refractivity contribution in [3.05, 3.63) is 52.7 Å². The second-order valence-electron chi connectivity index (χ2n) is 3.97. The summed E-state index contributed by atoms with van der Waals surface area (Å²) in [6.07, 6.45) is 7.09. The van der Waals surface area contributed by atoms with Gasteiger partial charge in [-0.2, -0.15) is 0 Å². The lowest BCUT2D eigenvalue weighted by Crippen LogP contribution is -2.23. The molecule has 0 aliphatic carbocycles. The zero-order valence-corrected chi connectivity index (χ0v) is 10.4. The number of pyridine rings is 1. The molecule has 0 radical (unpaired) electrons. The van der Waals surface area contributed by atoms with Crippen LogP contribution in [-0.2, 0) is 12.0 Å². The average Bonchev–Trinajstić information content (AvgIpc) is 2.69. The zero-order chi connectivity index (χ0) is 11.6. The molecule has 0 aliphatic heterocycles. The van der Waals surface area contributed by atoms with E-state index >= 15 is 0 Å². The van der Waals surface area contributed by atoms with Crippen LogP contribution in [0, 0.1) is 0 Å². The third kappa shape index (κ3) is 2.51. The number of aliphatic hydroxyl groups is 1. The van der Waals surface area contributed by atoms with Crippen LogP contribution in [0.3, 0.4) is 0 Å². The molecule has 84 valence electrons. The number of hydrogen-bond donors (Lipinski definition) is 1. The predicted molar refractivity (Wildman–Crippen MR) is 63.9 cm³/mol. The third-order valence-corrected chi connectivity index (χ3v) is 2.89. The SMILES string of the molecule is CC(O)(Cc1cncc(Br)c1)c1ccoc1. The molecule has 2 heterocycles. The fourth-order valence-electron chi connectivity index (χ4n) is 1.62. The van der Waals surface area contributed by atoms with Crippen molar-refractivity contribution >= 4 is 15.9 Å². The minimum Gasteiger partial charge on any atom is -0.472 e. The van der Waals surface area contributed by atoms with Crippen molar-refractivity contribution in [2.45, 2.75) is 18.9 Å². The van der Waals surface area contributed by atoms with Gasteiger partial charge >= 0.3 is 0 Å². The molecule has 2 aromatic rings. The summed E-state index contributed by atoms with van der Waals surface area (Å²) in [5.74, 6) is 0. The number of aromatic nitrogens is 1. The van der Waals surface area contributed by atoms with Gasteiger partial charge in [-0.15, -0.1) is 0 Å². The van der Waals surface area contributed by atoms with Crippen molar-refractivity contribution in [2.75, 3.05) is 0 Å². The van der Waals surface area contributed by atoms with Crippen LogP contribution in [0.1, 0.15) is 18.1 Å². The van der Waals surface area contributed by atoms with Gasteiger partial charge in [-0.3, -0.25) is 4.98 Å². The predicted octanol–water partition coefficient (Wildman–Crippen LogP) is 2.89. The maximum absolute atomic E-state index is 10.3. The van der Waals surface area contributed by atoms with Crippen LogP contribution in [0.5, 0.6) is 0 Å². The van der Waals surface area contributed by atoms with Crippen molar-refractivity contribution in [3.63, 3.8) is 0 Å². The topological polar surface area (TPSA) is 46.3 Å². The summed E-state index contributed by atoms with van der Waals surface area (Å²) >= 11 is 3.36.